The topological polar surface area (TPSA) is 329 Å². The average Bonchev–Trinajstić information content (AvgIpc) is 3.35. The lowest BCUT2D eigenvalue weighted by Gasteiger charge is -2.28. The molecular weight excluding hydrogens is 949 g/mol. The van der Waals surface area contributed by atoms with Crippen molar-refractivity contribution in [3.05, 3.63) is 35.4 Å². The summed E-state index contributed by atoms with van der Waals surface area (Å²) < 4.78 is 10.8. The molecule has 3 atom stereocenters. The molecule has 408 valence electrons. The summed E-state index contributed by atoms with van der Waals surface area (Å²) in [4.78, 5) is 134. The smallest absolute Gasteiger partial charge is 0.306 e. The molecule has 1 fully saturated rings. The third kappa shape index (κ3) is 29.4. The van der Waals surface area contributed by atoms with Crippen LogP contribution in [-0.2, 0) is 63.8 Å². The Balaban J connectivity index is 1.62. The maximum Gasteiger partial charge on any atom is 0.306 e. The summed E-state index contributed by atoms with van der Waals surface area (Å²) in [6, 6.07) is 6.61. The van der Waals surface area contributed by atoms with Crippen molar-refractivity contribution >= 4 is 64.7 Å². The standard InChI is InChI=1S/C53H80N4O16/c1-2-3-5-10-36-16-20-38(21-17-36)44(59)12-7-4-6-11-40(52(54)69)31-42(58)34-56-49(64)35-73-30-29-72-28-9-13-45(60)43(25-27-51(67)68)57-48(63)26-24-41(53(70)71)32-46(61)39-22-18-37(19-23-39)33-55-47(62)14-8-15-50(65)66/h16-17,20-21,37,39-41,43H,2-15,18-19,22-35H2,1H3,(H2,54,69)(H,55,62)(H,56,64)(H,57,63)(H,65,66)(H,67,68)(H,70,71)/t37?,39?,40-,41-,43+/m1/s1. The number of aliphatic carboxylic acids is 3. The molecule has 0 aliphatic heterocycles. The number of Topliss-reactive ketones (excluding diaryl/α,β-unsaturated/α-hetero) is 4. The van der Waals surface area contributed by atoms with Gasteiger partial charge >= 0.3 is 17.9 Å². The van der Waals surface area contributed by atoms with Crippen LogP contribution in [0.1, 0.15) is 171 Å². The second kappa shape index (κ2) is 36.9. The van der Waals surface area contributed by atoms with Crippen molar-refractivity contribution in [1.82, 2.24) is 16.0 Å². The Kier molecular flexibility index (Phi) is 32.0. The molecular formula is C53H80N4O16. The first kappa shape index (κ1) is 63.2. The van der Waals surface area contributed by atoms with Gasteiger partial charge in [-0.05, 0) is 88.5 Å². The van der Waals surface area contributed by atoms with Crippen molar-refractivity contribution in [1.29, 1.82) is 0 Å². The van der Waals surface area contributed by atoms with Crippen LogP contribution < -0.4 is 21.7 Å². The highest BCUT2D eigenvalue weighted by Crippen LogP contribution is 2.31. The van der Waals surface area contributed by atoms with E-state index in [0.29, 0.717) is 69.9 Å². The van der Waals surface area contributed by atoms with Gasteiger partial charge in [-0.3, -0.25) is 52.7 Å². The summed E-state index contributed by atoms with van der Waals surface area (Å²) in [6.07, 6.45) is 8.43. The first-order valence-corrected chi connectivity index (χ1v) is 26.0. The van der Waals surface area contributed by atoms with E-state index in [2.05, 4.69) is 22.9 Å². The molecule has 0 spiro atoms. The van der Waals surface area contributed by atoms with Gasteiger partial charge in [0.2, 0.25) is 23.6 Å². The minimum atomic E-state index is -1.24. The van der Waals surface area contributed by atoms with Crippen molar-refractivity contribution in [2.45, 2.75) is 167 Å². The highest BCUT2D eigenvalue weighted by molar-refractivity contribution is 5.96. The molecule has 8 N–H and O–H groups in total. The van der Waals surface area contributed by atoms with Crippen LogP contribution in [0.5, 0.6) is 0 Å². The van der Waals surface area contributed by atoms with Crippen LogP contribution in [0, 0.1) is 23.7 Å². The quantitative estimate of drug-likeness (QED) is 0.0331. The number of hydrogen-bond donors (Lipinski definition) is 7. The van der Waals surface area contributed by atoms with E-state index in [9.17, 15) is 63.0 Å². The first-order valence-electron chi connectivity index (χ1n) is 26.0. The van der Waals surface area contributed by atoms with E-state index >= 15 is 0 Å². The molecule has 1 aromatic rings. The summed E-state index contributed by atoms with van der Waals surface area (Å²) in [5, 5.41) is 35.6. The van der Waals surface area contributed by atoms with Crippen molar-refractivity contribution in [2.24, 2.45) is 29.4 Å². The average molecular weight is 1030 g/mol. The van der Waals surface area contributed by atoms with Gasteiger partial charge in [-0.15, -0.1) is 0 Å². The number of carboxylic acids is 3. The van der Waals surface area contributed by atoms with Gasteiger partial charge in [-0.25, -0.2) is 0 Å². The van der Waals surface area contributed by atoms with Gasteiger partial charge < -0.3 is 46.5 Å². The molecule has 0 heterocycles. The van der Waals surface area contributed by atoms with Gasteiger partial charge in [0.25, 0.3) is 0 Å². The predicted molar refractivity (Wildman–Crippen MR) is 267 cm³/mol. The zero-order valence-electron chi connectivity index (χ0n) is 42.6. The summed E-state index contributed by atoms with van der Waals surface area (Å²) in [7, 11) is 0. The third-order valence-corrected chi connectivity index (χ3v) is 13.0. The van der Waals surface area contributed by atoms with Crippen LogP contribution in [0.25, 0.3) is 0 Å². The number of nitrogens with one attached hydrogen (secondary N) is 3. The number of amides is 4. The Morgan fingerprint density at radius 3 is 1.99 bits per heavy atom. The zero-order valence-corrected chi connectivity index (χ0v) is 42.6. The monoisotopic (exact) mass is 1030 g/mol. The maximum absolute atomic E-state index is 13.1. The SMILES string of the molecule is CCCCCc1ccc(C(=O)CCCCC[C@H](CC(=O)CNC(=O)COCCOCCCC(=O)[C@H](CCC(=O)O)NC(=O)CC[C@H](CC(=O)C2CCC(CNC(=O)CCCC(=O)O)CC2)C(=O)O)C(N)=O)cc1. The van der Waals surface area contributed by atoms with Gasteiger partial charge in [0.05, 0.1) is 31.7 Å². The Labute approximate surface area is 428 Å². The van der Waals surface area contributed by atoms with Crippen molar-refractivity contribution in [2.75, 3.05) is 39.5 Å². The summed E-state index contributed by atoms with van der Waals surface area (Å²) in [6.45, 7) is 2.07. The van der Waals surface area contributed by atoms with Gasteiger partial charge in [-0.2, -0.15) is 0 Å². The second-order valence-electron chi connectivity index (χ2n) is 19.1. The van der Waals surface area contributed by atoms with Gasteiger partial charge in [0.15, 0.2) is 17.3 Å². The van der Waals surface area contributed by atoms with Crippen LogP contribution >= 0.6 is 0 Å². The number of ether oxygens (including phenoxy) is 2. The molecule has 0 aromatic heterocycles. The van der Waals surface area contributed by atoms with Crippen LogP contribution in [-0.4, -0.2) is 126 Å². The number of benzene rings is 1. The fourth-order valence-electron chi connectivity index (χ4n) is 8.59. The number of hydrogen-bond acceptors (Lipinski definition) is 13. The normalized spacial score (nSPS) is 15.5. The van der Waals surface area contributed by atoms with E-state index < -0.39 is 65.7 Å². The molecule has 1 aliphatic rings. The first-order chi connectivity index (χ1) is 34.9. The number of carbonyl (C=O) groups is 11. The number of nitrogens with two attached hydrogens (primary N) is 1. The van der Waals surface area contributed by atoms with E-state index in [1.165, 1.54) is 12.0 Å². The lowest BCUT2D eigenvalue weighted by Crippen LogP contribution is -2.41. The third-order valence-electron chi connectivity index (χ3n) is 13.0. The number of primary amides is 1. The zero-order chi connectivity index (χ0) is 54.0. The van der Waals surface area contributed by atoms with Gasteiger partial charge in [0, 0.05) is 81.9 Å². The molecule has 73 heavy (non-hydrogen) atoms. The Morgan fingerprint density at radius 1 is 0.630 bits per heavy atom. The Hall–Kier alpha value is -5.89. The second-order valence-corrected chi connectivity index (χ2v) is 19.1. The number of carboxylic acid groups (broad SMARTS) is 3. The van der Waals surface area contributed by atoms with E-state index in [-0.39, 0.29) is 132 Å². The molecule has 20 nitrogen and oxygen atoms in total. The van der Waals surface area contributed by atoms with Crippen molar-refractivity contribution in [3.8, 4) is 0 Å². The van der Waals surface area contributed by atoms with Gasteiger partial charge in [-0.1, -0.05) is 56.9 Å². The van der Waals surface area contributed by atoms with E-state index in [1.54, 1.807) is 0 Å². The van der Waals surface area contributed by atoms with Gasteiger partial charge in [0.1, 0.15) is 12.4 Å². The molecule has 1 aromatic carbocycles. The molecule has 4 amide bonds. The largest absolute Gasteiger partial charge is 0.481 e. The molecule has 0 saturated heterocycles. The molecule has 20 heteroatoms. The van der Waals surface area contributed by atoms with Crippen LogP contribution in [0.15, 0.2) is 24.3 Å². The number of rotatable bonds is 43. The van der Waals surface area contributed by atoms with E-state index in [0.717, 1.165) is 19.3 Å². The minimum absolute atomic E-state index is 0.0121. The number of unbranched alkanes of at least 4 members (excludes halogenated alkanes) is 4. The number of carbonyl (C=O) groups excluding carboxylic acids is 8. The molecule has 0 radical (unpaired) electrons. The van der Waals surface area contributed by atoms with Crippen molar-refractivity contribution in [3.63, 3.8) is 0 Å². The van der Waals surface area contributed by atoms with Crippen LogP contribution in [0.4, 0.5) is 0 Å². The molecule has 0 bridgehead atoms. The fourth-order valence-corrected chi connectivity index (χ4v) is 8.59. The lowest BCUT2D eigenvalue weighted by molar-refractivity contribution is -0.145. The van der Waals surface area contributed by atoms with E-state index in [1.807, 2.05) is 24.3 Å². The Morgan fingerprint density at radius 2 is 1.33 bits per heavy atom. The Bertz CT molecular complexity index is 1950. The summed E-state index contributed by atoms with van der Waals surface area (Å²) in [5.74, 6) is -8.49. The van der Waals surface area contributed by atoms with Crippen molar-refractivity contribution < 1.29 is 77.5 Å². The maximum atomic E-state index is 13.1. The molecule has 0 unspecified atom stereocenters. The molecule has 1 saturated carbocycles. The molecule has 2 rings (SSSR count). The summed E-state index contributed by atoms with van der Waals surface area (Å²) in [5.41, 5.74) is 7.44. The fraction of sp³-hybridized carbons (Fsp3) is 0.679. The molecule has 1 aliphatic carbocycles. The van der Waals surface area contributed by atoms with Crippen LogP contribution in [0.3, 0.4) is 0 Å². The highest BCUT2D eigenvalue weighted by Gasteiger charge is 2.31. The van der Waals surface area contributed by atoms with Crippen LogP contribution in [0.2, 0.25) is 0 Å². The summed E-state index contributed by atoms with van der Waals surface area (Å²) >= 11 is 0. The predicted octanol–water partition coefficient (Wildman–Crippen LogP) is 5.08. The van der Waals surface area contributed by atoms with E-state index in [4.69, 9.17) is 20.3 Å². The lowest BCUT2D eigenvalue weighted by atomic mass is 9.78. The minimum Gasteiger partial charge on any atom is -0.481 e. The number of aryl methyl sites for hydroxylation is 1. The highest BCUT2D eigenvalue weighted by atomic mass is 16.5. The number of ketones is 4.